The molecule has 172 valence electrons. The summed E-state index contributed by atoms with van der Waals surface area (Å²) in [4.78, 5) is 53.0. The number of thiocarbonyl (C=S) groups is 1. The molecule has 0 aliphatic carbocycles. The van der Waals surface area contributed by atoms with Crippen LogP contribution in [0.3, 0.4) is 0 Å². The number of thioether (sulfide) groups is 1. The zero-order chi connectivity index (χ0) is 24.2. The molecule has 0 radical (unpaired) electrons. The summed E-state index contributed by atoms with van der Waals surface area (Å²) in [5.41, 5.74) is 1.37. The Balaban J connectivity index is 1.42. The highest BCUT2D eigenvalue weighted by atomic mass is 32.2. The van der Waals surface area contributed by atoms with Crippen molar-refractivity contribution in [2.24, 2.45) is 0 Å². The van der Waals surface area contributed by atoms with Crippen LogP contribution < -0.4 is 5.32 Å². The molecule has 0 spiro atoms. The van der Waals surface area contributed by atoms with E-state index in [4.69, 9.17) is 12.2 Å². The van der Waals surface area contributed by atoms with Gasteiger partial charge in [0.1, 0.15) is 22.7 Å². The number of allylic oxidation sites excluding steroid dienone is 2. The van der Waals surface area contributed by atoms with E-state index in [1.165, 1.54) is 24.3 Å². The third-order valence-corrected chi connectivity index (χ3v) is 6.49. The fourth-order valence-electron chi connectivity index (χ4n) is 3.50. The monoisotopic (exact) mass is 493 g/mol. The van der Waals surface area contributed by atoms with E-state index in [1.807, 2.05) is 36.4 Å². The Kier molecular flexibility index (Phi) is 6.90. The van der Waals surface area contributed by atoms with Crippen molar-refractivity contribution in [2.75, 3.05) is 11.9 Å². The van der Waals surface area contributed by atoms with Crippen molar-refractivity contribution in [1.29, 1.82) is 0 Å². The summed E-state index contributed by atoms with van der Waals surface area (Å²) in [5, 5.41) is 11.9. The van der Waals surface area contributed by atoms with E-state index in [0.717, 1.165) is 27.1 Å². The van der Waals surface area contributed by atoms with Gasteiger partial charge < -0.3 is 10.4 Å². The lowest BCUT2D eigenvalue weighted by Crippen LogP contribution is -2.45. The number of aromatic hydroxyl groups is 1. The van der Waals surface area contributed by atoms with Gasteiger partial charge in [-0.2, -0.15) is 0 Å². The van der Waals surface area contributed by atoms with E-state index in [9.17, 15) is 24.3 Å². The maximum absolute atomic E-state index is 12.9. The number of carbonyl (C=O) groups excluding carboxylic acids is 4. The molecule has 2 saturated heterocycles. The number of nitrogens with zero attached hydrogens (tertiary/aromatic N) is 2. The molecule has 2 heterocycles. The van der Waals surface area contributed by atoms with Crippen LogP contribution >= 0.6 is 24.0 Å². The highest BCUT2D eigenvalue weighted by molar-refractivity contribution is 8.26. The number of hydrogen-bond donors (Lipinski definition) is 2. The zero-order valence-electron chi connectivity index (χ0n) is 17.7. The number of nitrogens with one attached hydrogen (secondary N) is 1. The first-order valence-electron chi connectivity index (χ1n) is 10.3. The first kappa shape index (κ1) is 23.4. The minimum Gasteiger partial charge on any atom is -0.508 e. The lowest BCUT2D eigenvalue weighted by atomic mass is 10.2. The molecule has 4 rings (SSSR count). The van der Waals surface area contributed by atoms with Crippen LogP contribution in [0.1, 0.15) is 12.0 Å². The van der Waals surface area contributed by atoms with Crippen LogP contribution in [-0.4, -0.2) is 55.4 Å². The van der Waals surface area contributed by atoms with Gasteiger partial charge in [0.15, 0.2) is 0 Å². The summed E-state index contributed by atoms with van der Waals surface area (Å²) in [5.74, 6) is -2.20. The van der Waals surface area contributed by atoms with Crippen molar-refractivity contribution in [3.63, 3.8) is 0 Å². The van der Waals surface area contributed by atoms with E-state index >= 15 is 0 Å². The third kappa shape index (κ3) is 5.08. The molecule has 1 atom stereocenters. The number of benzene rings is 2. The van der Waals surface area contributed by atoms with Crippen LogP contribution in [0.15, 0.2) is 71.7 Å². The molecule has 2 aromatic rings. The standard InChI is InChI=1S/C24H19N3O5S2/c28-17-11-9-16(10-12-17)25-20(29)14-26-21(30)13-18(22(26)31)27-23(32)19(34-24(27)33)8-4-7-15-5-2-1-3-6-15/h1-12,18,28H,13-14H2,(H,25,29)/b7-4+,19-8+. The summed E-state index contributed by atoms with van der Waals surface area (Å²) in [6.45, 7) is -0.487. The van der Waals surface area contributed by atoms with Crippen molar-refractivity contribution in [2.45, 2.75) is 12.5 Å². The molecule has 4 amide bonds. The number of hydrogen-bond acceptors (Lipinski definition) is 7. The van der Waals surface area contributed by atoms with Gasteiger partial charge in [0.05, 0.1) is 11.3 Å². The first-order chi connectivity index (χ1) is 16.3. The van der Waals surface area contributed by atoms with Crippen molar-refractivity contribution in [1.82, 2.24) is 9.80 Å². The Hall–Kier alpha value is -3.76. The predicted molar refractivity (Wildman–Crippen MR) is 132 cm³/mol. The number of likely N-dealkylation sites (tertiary alicyclic amines) is 1. The molecule has 2 N–H and O–H groups in total. The van der Waals surface area contributed by atoms with Gasteiger partial charge in [-0.3, -0.25) is 29.0 Å². The Morgan fingerprint density at radius 2 is 1.82 bits per heavy atom. The first-order valence-corrected chi connectivity index (χ1v) is 11.5. The second-order valence-corrected chi connectivity index (χ2v) is 9.15. The summed E-state index contributed by atoms with van der Waals surface area (Å²) < 4.78 is 0.186. The molecule has 0 saturated carbocycles. The van der Waals surface area contributed by atoms with Gasteiger partial charge in [-0.25, -0.2) is 0 Å². The second-order valence-electron chi connectivity index (χ2n) is 7.48. The van der Waals surface area contributed by atoms with Crippen LogP contribution in [0.5, 0.6) is 5.75 Å². The molecule has 0 bridgehead atoms. The topological polar surface area (TPSA) is 107 Å². The largest absolute Gasteiger partial charge is 0.508 e. The predicted octanol–water partition coefficient (Wildman–Crippen LogP) is 2.92. The molecular weight excluding hydrogens is 474 g/mol. The molecular formula is C24H19N3O5S2. The minimum absolute atomic E-state index is 0.0406. The van der Waals surface area contributed by atoms with Crippen molar-refractivity contribution >= 4 is 63.7 Å². The van der Waals surface area contributed by atoms with Gasteiger partial charge in [0.25, 0.3) is 11.8 Å². The molecule has 34 heavy (non-hydrogen) atoms. The smallest absolute Gasteiger partial charge is 0.266 e. The Morgan fingerprint density at radius 1 is 1.12 bits per heavy atom. The van der Waals surface area contributed by atoms with E-state index < -0.39 is 36.2 Å². The molecule has 10 heteroatoms. The Morgan fingerprint density at radius 3 is 2.53 bits per heavy atom. The van der Waals surface area contributed by atoms with Crippen LogP contribution in [0.25, 0.3) is 6.08 Å². The SMILES string of the molecule is O=C(CN1C(=O)CC(N2C(=O)/C(=C\C=C\c3ccccc3)SC2=S)C1=O)Nc1ccc(O)cc1. The minimum atomic E-state index is -1.08. The highest BCUT2D eigenvalue weighted by Crippen LogP contribution is 2.35. The number of phenolic OH excluding ortho intramolecular Hbond substituents is 1. The number of amides is 4. The molecule has 2 fully saturated rings. The zero-order valence-corrected chi connectivity index (χ0v) is 19.3. The number of rotatable bonds is 6. The summed E-state index contributed by atoms with van der Waals surface area (Å²) in [6.07, 6.45) is 4.94. The van der Waals surface area contributed by atoms with Crippen molar-refractivity contribution in [3.05, 3.63) is 77.2 Å². The van der Waals surface area contributed by atoms with Crippen LogP contribution in [0.4, 0.5) is 5.69 Å². The van der Waals surface area contributed by atoms with Gasteiger partial charge in [0, 0.05) is 5.69 Å². The number of imide groups is 1. The lowest BCUT2D eigenvalue weighted by molar-refractivity contribution is -0.143. The number of phenols is 1. The van der Waals surface area contributed by atoms with Gasteiger partial charge in [0.2, 0.25) is 11.8 Å². The fraction of sp³-hybridized carbons (Fsp3) is 0.125. The Labute approximate surface area is 204 Å². The molecule has 2 aromatic carbocycles. The van der Waals surface area contributed by atoms with E-state index in [0.29, 0.717) is 10.6 Å². The van der Waals surface area contributed by atoms with Crippen molar-refractivity contribution in [3.8, 4) is 5.75 Å². The van der Waals surface area contributed by atoms with Gasteiger partial charge in [-0.15, -0.1) is 0 Å². The average Bonchev–Trinajstić information content (AvgIpc) is 3.25. The lowest BCUT2D eigenvalue weighted by Gasteiger charge is -2.21. The summed E-state index contributed by atoms with van der Waals surface area (Å²) >= 11 is 6.37. The molecule has 0 aromatic heterocycles. The van der Waals surface area contributed by atoms with Gasteiger partial charge in [-0.1, -0.05) is 66.5 Å². The van der Waals surface area contributed by atoms with E-state index in [2.05, 4.69) is 5.32 Å². The van der Waals surface area contributed by atoms with Gasteiger partial charge in [-0.05, 0) is 35.9 Å². The van der Waals surface area contributed by atoms with E-state index in [1.54, 1.807) is 12.2 Å². The number of anilines is 1. The average molecular weight is 494 g/mol. The highest BCUT2D eigenvalue weighted by Gasteiger charge is 2.48. The Bertz CT molecular complexity index is 1220. The van der Waals surface area contributed by atoms with Crippen LogP contribution in [0, 0.1) is 0 Å². The third-order valence-electron chi connectivity index (χ3n) is 5.14. The fourth-order valence-corrected chi connectivity index (χ4v) is 4.80. The molecule has 8 nitrogen and oxygen atoms in total. The molecule has 1 unspecified atom stereocenters. The normalized spacial score (nSPS) is 19.6. The number of carbonyl (C=O) groups is 4. The summed E-state index contributed by atoms with van der Waals surface area (Å²) in [7, 11) is 0. The van der Waals surface area contributed by atoms with Gasteiger partial charge >= 0.3 is 0 Å². The maximum atomic E-state index is 12.9. The summed E-state index contributed by atoms with van der Waals surface area (Å²) in [6, 6.07) is 14.2. The second kappa shape index (κ2) is 10.0. The quantitative estimate of drug-likeness (QED) is 0.276. The van der Waals surface area contributed by atoms with Crippen LogP contribution in [-0.2, 0) is 19.2 Å². The molecule has 2 aliphatic heterocycles. The molecule has 2 aliphatic rings. The maximum Gasteiger partial charge on any atom is 0.266 e. The van der Waals surface area contributed by atoms with E-state index in [-0.39, 0.29) is 16.5 Å². The van der Waals surface area contributed by atoms with Crippen molar-refractivity contribution < 1.29 is 24.3 Å². The van der Waals surface area contributed by atoms with Crippen LogP contribution in [0.2, 0.25) is 0 Å².